The van der Waals surface area contributed by atoms with E-state index in [0.29, 0.717) is 22.5 Å². The van der Waals surface area contributed by atoms with Crippen LogP contribution in [0.2, 0.25) is 10.0 Å². The maximum Gasteiger partial charge on any atom is 0.417 e. The van der Waals surface area contributed by atoms with Gasteiger partial charge in [-0.15, -0.1) is 5.10 Å². The van der Waals surface area contributed by atoms with E-state index in [9.17, 15) is 13.2 Å². The molecule has 0 aliphatic rings. The predicted molar refractivity (Wildman–Crippen MR) is 142 cm³/mol. The van der Waals surface area contributed by atoms with E-state index in [1.165, 1.54) is 12.1 Å². The molecule has 186 valence electrons. The maximum atomic E-state index is 13.4. The fourth-order valence-corrected chi connectivity index (χ4v) is 5.01. The smallest absolute Gasteiger partial charge is 0.320 e. The standard InChI is InChI=1S/C29H20Cl2F3N3/c30-23-14-6-11-20-25(24(36-37-28(20)23)15-17-7-2-1-3-8-17)18-9-4-10-19(16-18)27(35)21-12-5-13-22(26(21)31)29(32,33)34/h1-14,16,27H,15,35H2. The number of aromatic nitrogens is 2. The fraction of sp³-hybridized carbons (Fsp3) is 0.103. The van der Waals surface area contributed by atoms with E-state index in [-0.39, 0.29) is 5.56 Å². The van der Waals surface area contributed by atoms with Gasteiger partial charge in [-0.05, 0) is 40.5 Å². The van der Waals surface area contributed by atoms with Gasteiger partial charge in [-0.3, -0.25) is 0 Å². The van der Waals surface area contributed by atoms with E-state index in [1.807, 2.05) is 60.7 Å². The van der Waals surface area contributed by atoms with Crippen LogP contribution in [0, 0.1) is 0 Å². The van der Waals surface area contributed by atoms with Gasteiger partial charge in [-0.25, -0.2) is 0 Å². The lowest BCUT2D eigenvalue weighted by atomic mass is 9.91. The summed E-state index contributed by atoms with van der Waals surface area (Å²) in [5.74, 6) is 0. The fourth-order valence-electron chi connectivity index (χ4n) is 4.45. The van der Waals surface area contributed by atoms with Gasteiger partial charge in [-0.1, -0.05) is 96.0 Å². The highest BCUT2D eigenvalue weighted by Gasteiger charge is 2.34. The molecule has 3 nitrogen and oxygen atoms in total. The van der Waals surface area contributed by atoms with Crippen LogP contribution < -0.4 is 5.73 Å². The Morgan fingerprint density at radius 3 is 2.30 bits per heavy atom. The van der Waals surface area contributed by atoms with E-state index < -0.39 is 22.8 Å². The average molecular weight is 538 g/mol. The second-order valence-corrected chi connectivity index (χ2v) is 9.41. The Hall–Kier alpha value is -3.45. The van der Waals surface area contributed by atoms with Gasteiger partial charge in [0.05, 0.1) is 27.3 Å². The number of hydrogen-bond acceptors (Lipinski definition) is 3. The van der Waals surface area contributed by atoms with Gasteiger partial charge >= 0.3 is 6.18 Å². The molecular formula is C29H20Cl2F3N3. The highest BCUT2D eigenvalue weighted by molar-refractivity contribution is 6.35. The number of alkyl halides is 3. The molecule has 5 aromatic rings. The first-order valence-corrected chi connectivity index (χ1v) is 12.2. The zero-order valence-corrected chi connectivity index (χ0v) is 20.8. The van der Waals surface area contributed by atoms with E-state index in [1.54, 1.807) is 12.1 Å². The molecule has 0 fully saturated rings. The molecule has 0 bridgehead atoms. The minimum atomic E-state index is -4.58. The number of nitrogens with zero attached hydrogens (tertiary/aromatic N) is 2. The molecule has 0 aliphatic heterocycles. The van der Waals surface area contributed by atoms with Crippen molar-refractivity contribution in [1.29, 1.82) is 0 Å². The summed E-state index contributed by atoms with van der Waals surface area (Å²) in [4.78, 5) is 0. The summed E-state index contributed by atoms with van der Waals surface area (Å²) in [6.45, 7) is 0. The normalized spacial score (nSPS) is 12.6. The minimum absolute atomic E-state index is 0.193. The summed E-state index contributed by atoms with van der Waals surface area (Å²) in [7, 11) is 0. The lowest BCUT2D eigenvalue weighted by Crippen LogP contribution is -2.15. The summed E-state index contributed by atoms with van der Waals surface area (Å²) >= 11 is 12.6. The molecule has 0 spiro atoms. The Morgan fingerprint density at radius 1 is 0.811 bits per heavy atom. The Labute approximate surface area is 221 Å². The van der Waals surface area contributed by atoms with Crippen LogP contribution in [0.4, 0.5) is 13.2 Å². The van der Waals surface area contributed by atoms with Gasteiger partial charge in [0.2, 0.25) is 0 Å². The van der Waals surface area contributed by atoms with Crippen molar-refractivity contribution < 1.29 is 13.2 Å². The second kappa shape index (κ2) is 10.1. The van der Waals surface area contributed by atoms with Gasteiger partial charge in [0.15, 0.2) is 0 Å². The Kier molecular flexibility index (Phi) is 6.90. The van der Waals surface area contributed by atoms with Crippen molar-refractivity contribution in [3.8, 4) is 11.1 Å². The van der Waals surface area contributed by atoms with Crippen LogP contribution in [-0.4, -0.2) is 10.2 Å². The van der Waals surface area contributed by atoms with Crippen LogP contribution >= 0.6 is 23.2 Å². The quantitative estimate of drug-likeness (QED) is 0.245. The van der Waals surface area contributed by atoms with Crippen LogP contribution in [0.1, 0.15) is 34.0 Å². The number of halogens is 5. The number of hydrogen-bond donors (Lipinski definition) is 1. The zero-order valence-electron chi connectivity index (χ0n) is 19.3. The third-order valence-corrected chi connectivity index (χ3v) is 6.96. The Bertz CT molecular complexity index is 1590. The third kappa shape index (κ3) is 5.05. The number of nitrogens with two attached hydrogens (primary N) is 1. The predicted octanol–water partition coefficient (Wildman–Crippen LogP) is 8.26. The summed E-state index contributed by atoms with van der Waals surface area (Å²) < 4.78 is 40.3. The van der Waals surface area contributed by atoms with E-state index in [2.05, 4.69) is 10.2 Å². The molecule has 1 unspecified atom stereocenters. The topological polar surface area (TPSA) is 51.8 Å². The van der Waals surface area contributed by atoms with Gasteiger partial charge in [0, 0.05) is 17.4 Å². The lowest BCUT2D eigenvalue weighted by Gasteiger charge is -2.19. The summed E-state index contributed by atoms with van der Waals surface area (Å²) in [5.41, 5.74) is 10.3. The molecule has 4 aromatic carbocycles. The molecule has 0 radical (unpaired) electrons. The van der Waals surface area contributed by atoms with E-state index in [4.69, 9.17) is 28.9 Å². The molecule has 0 saturated heterocycles. The Balaban J connectivity index is 1.65. The van der Waals surface area contributed by atoms with Gasteiger partial charge in [-0.2, -0.15) is 18.3 Å². The van der Waals surface area contributed by atoms with Crippen molar-refractivity contribution in [2.24, 2.45) is 5.73 Å². The van der Waals surface area contributed by atoms with Crippen molar-refractivity contribution in [2.75, 3.05) is 0 Å². The number of rotatable bonds is 5. The first-order chi connectivity index (χ1) is 17.7. The minimum Gasteiger partial charge on any atom is -0.320 e. The second-order valence-electron chi connectivity index (χ2n) is 8.63. The third-order valence-electron chi connectivity index (χ3n) is 6.23. The van der Waals surface area contributed by atoms with Crippen LogP contribution in [0.25, 0.3) is 22.0 Å². The van der Waals surface area contributed by atoms with Crippen molar-refractivity contribution >= 4 is 34.1 Å². The van der Waals surface area contributed by atoms with Crippen molar-refractivity contribution in [3.05, 3.63) is 129 Å². The van der Waals surface area contributed by atoms with Crippen LogP contribution in [0.3, 0.4) is 0 Å². The molecule has 8 heteroatoms. The summed E-state index contributed by atoms with van der Waals surface area (Å²) in [5, 5.41) is 9.78. The molecule has 0 amide bonds. The van der Waals surface area contributed by atoms with E-state index in [0.717, 1.165) is 33.8 Å². The molecule has 2 N–H and O–H groups in total. The molecule has 1 heterocycles. The first-order valence-electron chi connectivity index (χ1n) is 11.4. The molecule has 1 atom stereocenters. The lowest BCUT2D eigenvalue weighted by molar-refractivity contribution is -0.137. The van der Waals surface area contributed by atoms with Gasteiger partial charge < -0.3 is 5.73 Å². The summed E-state index contributed by atoms with van der Waals surface area (Å²) in [6, 6.07) is 25.6. The van der Waals surface area contributed by atoms with Crippen LogP contribution in [-0.2, 0) is 12.6 Å². The monoisotopic (exact) mass is 537 g/mol. The van der Waals surface area contributed by atoms with Gasteiger partial charge in [0.25, 0.3) is 0 Å². The largest absolute Gasteiger partial charge is 0.417 e. The molecule has 0 aliphatic carbocycles. The number of benzene rings is 4. The Morgan fingerprint density at radius 2 is 1.54 bits per heavy atom. The molecule has 37 heavy (non-hydrogen) atoms. The molecule has 0 saturated carbocycles. The van der Waals surface area contributed by atoms with Crippen molar-refractivity contribution in [1.82, 2.24) is 10.2 Å². The van der Waals surface area contributed by atoms with Crippen molar-refractivity contribution in [2.45, 2.75) is 18.6 Å². The highest BCUT2D eigenvalue weighted by Crippen LogP contribution is 2.40. The summed E-state index contributed by atoms with van der Waals surface area (Å²) in [6.07, 6.45) is -4.05. The molecule has 1 aromatic heterocycles. The van der Waals surface area contributed by atoms with Crippen LogP contribution in [0.5, 0.6) is 0 Å². The maximum absolute atomic E-state index is 13.4. The molecular weight excluding hydrogens is 518 g/mol. The average Bonchev–Trinajstić information content (AvgIpc) is 2.88. The van der Waals surface area contributed by atoms with Crippen molar-refractivity contribution in [3.63, 3.8) is 0 Å². The zero-order chi connectivity index (χ0) is 26.2. The molecule has 5 rings (SSSR count). The van der Waals surface area contributed by atoms with E-state index >= 15 is 0 Å². The SMILES string of the molecule is NC(c1cccc(-c2c(Cc3ccccc3)nnc3c(Cl)cccc23)c1)c1cccc(C(F)(F)F)c1Cl. The number of fused-ring (bicyclic) bond motifs is 1. The van der Waals surface area contributed by atoms with Crippen LogP contribution in [0.15, 0.2) is 91.0 Å². The first kappa shape index (κ1) is 25.2. The van der Waals surface area contributed by atoms with Gasteiger partial charge in [0.1, 0.15) is 5.52 Å². The highest BCUT2D eigenvalue weighted by atomic mass is 35.5.